The van der Waals surface area contributed by atoms with Crippen LogP contribution in [0.3, 0.4) is 0 Å². The van der Waals surface area contributed by atoms with E-state index in [0.29, 0.717) is 0 Å². The summed E-state index contributed by atoms with van der Waals surface area (Å²) in [7, 11) is 0. The van der Waals surface area contributed by atoms with Gasteiger partial charge >= 0.3 is 17.1 Å². The van der Waals surface area contributed by atoms with Crippen LogP contribution in [0.15, 0.2) is 0 Å². The third-order valence-electron chi connectivity index (χ3n) is 0.954. The summed E-state index contributed by atoms with van der Waals surface area (Å²) in [6, 6.07) is 0. The molecule has 0 atom stereocenters. The molecule has 5 heteroatoms. The zero-order valence-corrected chi connectivity index (χ0v) is 8.19. The number of hydrogen-bond acceptors (Lipinski definition) is 0. The molecule has 0 heterocycles. The first-order valence-corrected chi connectivity index (χ1v) is 3.30. The van der Waals surface area contributed by atoms with Crippen molar-refractivity contribution in [1.29, 1.82) is 0 Å². The topological polar surface area (TPSA) is 85.6 Å². The Kier molecular flexibility index (Phi) is 7.18. The summed E-state index contributed by atoms with van der Waals surface area (Å²) in [6.07, 6.45) is 1.93. The van der Waals surface area contributed by atoms with Gasteiger partial charge in [0, 0.05) is 13.8 Å². The Morgan fingerprint density at radius 2 is 1.00 bits per heavy atom. The molecule has 0 saturated carbocycles. The van der Waals surface area contributed by atoms with Gasteiger partial charge < -0.3 is 19.2 Å². The van der Waals surface area contributed by atoms with Crippen molar-refractivity contribution in [2.45, 2.75) is 13.8 Å². The predicted molar refractivity (Wildman–Crippen MR) is 47.7 cm³/mol. The van der Waals surface area contributed by atoms with Crippen LogP contribution in [-0.4, -0.2) is 42.3 Å². The van der Waals surface area contributed by atoms with Crippen LogP contribution in [0, 0.1) is 12.8 Å². The van der Waals surface area contributed by atoms with E-state index in [1.54, 1.807) is 0 Å². The standard InChI is InChI=1S/C8H8O4.Cu/c1-5(9)3-7(11)8(12)4-6(2)10;/h3-4H,1-2H3;/q-2;+2/p+4. The minimum atomic E-state index is -0.497. The van der Waals surface area contributed by atoms with Gasteiger partial charge in [0.15, 0.2) is 0 Å². The van der Waals surface area contributed by atoms with Crippen LogP contribution in [0.4, 0.5) is 0 Å². The molecule has 4 N–H and O–H groups in total. The second-order valence-corrected chi connectivity index (χ2v) is 2.34. The summed E-state index contributed by atoms with van der Waals surface area (Å²) in [6.45, 7) is 2.69. The fourth-order valence-electron chi connectivity index (χ4n) is 0.544. The van der Waals surface area contributed by atoms with E-state index in [9.17, 15) is 0 Å². The van der Waals surface area contributed by atoms with Gasteiger partial charge in [0.2, 0.25) is 11.6 Å². The molecule has 0 unspecified atom stereocenters. The molecule has 0 aliphatic rings. The summed E-state index contributed by atoms with van der Waals surface area (Å²) < 4.78 is 0. The van der Waals surface area contributed by atoms with Crippen molar-refractivity contribution in [1.82, 2.24) is 0 Å². The Hall–Kier alpha value is -1.06. The van der Waals surface area contributed by atoms with Crippen molar-refractivity contribution in [2.75, 3.05) is 0 Å². The van der Waals surface area contributed by atoms with Crippen LogP contribution in [0.25, 0.3) is 0 Å². The Morgan fingerprint density at radius 3 is 1.15 bits per heavy atom. The van der Waals surface area contributed by atoms with Gasteiger partial charge in [0.05, 0.1) is 0 Å². The van der Waals surface area contributed by atoms with Crippen molar-refractivity contribution in [3.8, 4) is 0 Å². The van der Waals surface area contributed by atoms with Crippen molar-refractivity contribution in [2.24, 2.45) is 0 Å². The van der Waals surface area contributed by atoms with E-state index >= 15 is 0 Å². The van der Waals surface area contributed by atoms with E-state index in [-0.39, 0.29) is 28.6 Å². The molecule has 0 amide bonds. The van der Waals surface area contributed by atoms with Gasteiger partial charge in [-0.15, -0.1) is 0 Å². The maximum Gasteiger partial charge on any atom is 2.00 e. The van der Waals surface area contributed by atoms with Gasteiger partial charge in [-0.1, -0.05) is 12.8 Å². The molecule has 0 aliphatic heterocycles. The zero-order chi connectivity index (χ0) is 9.72. The molecule has 0 spiro atoms. The van der Waals surface area contributed by atoms with Gasteiger partial charge in [0.1, 0.15) is 11.6 Å². The average Bonchev–Trinajstić information content (AvgIpc) is 1.84. The van der Waals surface area contributed by atoms with Crippen molar-refractivity contribution < 1.29 is 36.2 Å². The monoisotopic (exact) mass is 235 g/mol. The summed E-state index contributed by atoms with van der Waals surface area (Å²) in [5.74, 6) is -1.27. The third kappa shape index (κ3) is 7.31. The molecular formula is C8H12CuO4+4. The van der Waals surface area contributed by atoms with E-state index in [1.807, 2.05) is 0 Å². The van der Waals surface area contributed by atoms with Crippen molar-refractivity contribution in [3.05, 3.63) is 12.8 Å². The van der Waals surface area contributed by atoms with Gasteiger partial charge in [0.25, 0.3) is 0 Å². The molecule has 75 valence electrons. The van der Waals surface area contributed by atoms with E-state index in [0.717, 1.165) is 12.8 Å². The molecule has 0 rings (SSSR count). The molecule has 0 aliphatic carbocycles. The fraction of sp³-hybridized carbons (Fsp3) is 0.250. The maximum atomic E-state index is 8.97. The zero-order valence-electron chi connectivity index (χ0n) is 7.25. The minimum Gasteiger partial charge on any atom is -0.389 e. The van der Waals surface area contributed by atoms with Crippen LogP contribution < -0.4 is 0 Å². The normalized spacial score (nSPS) is 7.85. The minimum absolute atomic E-state index is 0. The summed E-state index contributed by atoms with van der Waals surface area (Å²) >= 11 is 0. The van der Waals surface area contributed by atoms with Crippen molar-refractivity contribution >= 4 is 23.1 Å². The van der Waals surface area contributed by atoms with Crippen LogP contribution in [0.2, 0.25) is 0 Å². The van der Waals surface area contributed by atoms with Gasteiger partial charge in [-0.2, -0.15) is 0 Å². The Morgan fingerprint density at radius 1 is 0.769 bits per heavy atom. The number of ketones is 4. The third-order valence-corrected chi connectivity index (χ3v) is 0.954. The molecule has 0 saturated heterocycles. The average molecular weight is 236 g/mol. The maximum absolute atomic E-state index is 8.97. The molecule has 0 fully saturated rings. The van der Waals surface area contributed by atoms with Gasteiger partial charge in [-0.05, 0) is 0 Å². The predicted octanol–water partition coefficient (Wildman–Crippen LogP) is -0.388. The molecule has 13 heavy (non-hydrogen) atoms. The first-order valence-electron chi connectivity index (χ1n) is 3.30. The van der Waals surface area contributed by atoms with Crippen molar-refractivity contribution in [3.63, 3.8) is 0 Å². The molecule has 1 radical (unpaired) electrons. The van der Waals surface area contributed by atoms with Crippen LogP contribution in [0.5, 0.6) is 0 Å². The van der Waals surface area contributed by atoms with Gasteiger partial charge in [-0.3, -0.25) is 0 Å². The molecule has 4 nitrogen and oxygen atoms in total. The molecule has 0 bridgehead atoms. The molecular weight excluding hydrogens is 224 g/mol. The fourth-order valence-corrected chi connectivity index (χ4v) is 0.544. The number of carbonyl (C=O) groups excluding carboxylic acids is 4. The summed E-state index contributed by atoms with van der Waals surface area (Å²) in [4.78, 5) is 35.3. The Balaban J connectivity index is 0. The van der Waals surface area contributed by atoms with Gasteiger partial charge in [-0.25, -0.2) is 0 Å². The Bertz CT molecular complexity index is 219. The smallest absolute Gasteiger partial charge is 0.389 e. The van der Waals surface area contributed by atoms with E-state index < -0.39 is 11.6 Å². The van der Waals surface area contributed by atoms with E-state index in [4.69, 9.17) is 19.2 Å². The molecule has 0 aromatic carbocycles. The molecule has 0 aromatic rings. The van der Waals surface area contributed by atoms with Crippen LogP contribution >= 0.6 is 0 Å². The van der Waals surface area contributed by atoms with E-state index in [1.165, 1.54) is 13.8 Å². The Labute approximate surface area is 86.5 Å². The summed E-state index contributed by atoms with van der Waals surface area (Å²) in [5, 5.41) is 0. The van der Waals surface area contributed by atoms with E-state index in [2.05, 4.69) is 0 Å². The first-order chi connectivity index (χ1) is 5.43. The summed E-state index contributed by atoms with van der Waals surface area (Å²) in [5.41, 5.74) is 0. The second-order valence-electron chi connectivity index (χ2n) is 2.34. The quantitative estimate of drug-likeness (QED) is 0.204. The number of rotatable bonds is 5. The number of hydrogen-bond donors (Lipinski definition) is 0. The largest absolute Gasteiger partial charge is 2.00 e. The van der Waals surface area contributed by atoms with Crippen LogP contribution in [-0.2, 0) is 17.1 Å². The second kappa shape index (κ2) is 6.45. The molecule has 0 aromatic heterocycles. The SMILES string of the molecule is CC(=[OH+])[CH-]C(=[OH+])C(=[OH+])[CH-]C(C)=[OH+].[Cu+2]. The van der Waals surface area contributed by atoms with Crippen LogP contribution in [0.1, 0.15) is 13.8 Å². The first kappa shape index (κ1) is 14.5.